The van der Waals surface area contributed by atoms with Crippen LogP contribution in [0.15, 0.2) is 4.99 Å². The predicted octanol–water partition coefficient (Wildman–Crippen LogP) is -0.633. The molecular formula is C16H33N5O3. The van der Waals surface area contributed by atoms with Gasteiger partial charge in [-0.25, -0.2) is 4.99 Å². The molecule has 140 valence electrons. The van der Waals surface area contributed by atoms with Crippen LogP contribution >= 0.6 is 0 Å². The molecule has 0 aliphatic carbocycles. The highest BCUT2D eigenvalue weighted by atomic mass is 16.5. The van der Waals surface area contributed by atoms with E-state index < -0.39 is 0 Å². The minimum absolute atomic E-state index is 0.0321. The number of aliphatic imine (C=N–C) groups is 1. The SMILES string of the molecule is COC(C)(C)CNC(=NCC(=O)N(C)C)NCCN1CCOCC1. The van der Waals surface area contributed by atoms with E-state index in [1.54, 1.807) is 21.2 Å². The molecule has 8 heteroatoms. The van der Waals surface area contributed by atoms with Crippen LogP contribution in [0.2, 0.25) is 0 Å². The third kappa shape index (κ3) is 8.47. The van der Waals surface area contributed by atoms with Gasteiger partial charge in [0.15, 0.2) is 5.96 Å². The van der Waals surface area contributed by atoms with E-state index in [2.05, 4.69) is 20.5 Å². The molecule has 8 nitrogen and oxygen atoms in total. The number of nitrogens with zero attached hydrogens (tertiary/aromatic N) is 3. The fourth-order valence-electron chi connectivity index (χ4n) is 1.99. The second-order valence-electron chi connectivity index (χ2n) is 6.65. The average Bonchev–Trinajstić information content (AvgIpc) is 2.57. The Hall–Kier alpha value is -1.38. The van der Waals surface area contributed by atoms with Crippen molar-refractivity contribution in [2.45, 2.75) is 19.4 Å². The zero-order valence-electron chi connectivity index (χ0n) is 15.7. The Bertz CT molecular complexity index is 407. The van der Waals surface area contributed by atoms with E-state index >= 15 is 0 Å². The van der Waals surface area contributed by atoms with Crippen molar-refractivity contribution >= 4 is 11.9 Å². The average molecular weight is 343 g/mol. The van der Waals surface area contributed by atoms with Gasteiger partial charge in [0.1, 0.15) is 6.54 Å². The van der Waals surface area contributed by atoms with Crippen molar-refractivity contribution in [3.8, 4) is 0 Å². The van der Waals surface area contributed by atoms with Crippen LogP contribution in [-0.4, -0.2) is 101 Å². The van der Waals surface area contributed by atoms with Crippen LogP contribution in [0.1, 0.15) is 13.8 Å². The molecule has 0 aromatic heterocycles. The summed E-state index contributed by atoms with van der Waals surface area (Å²) in [5.41, 5.74) is -0.307. The van der Waals surface area contributed by atoms with Gasteiger partial charge >= 0.3 is 0 Å². The Morgan fingerprint density at radius 3 is 2.54 bits per heavy atom. The van der Waals surface area contributed by atoms with Crippen molar-refractivity contribution in [2.75, 3.05) is 73.7 Å². The van der Waals surface area contributed by atoms with E-state index in [-0.39, 0.29) is 18.1 Å². The molecule has 0 spiro atoms. The number of likely N-dealkylation sites (N-methyl/N-ethyl adjacent to an activating group) is 1. The summed E-state index contributed by atoms with van der Waals surface area (Å²) in [5, 5.41) is 6.53. The third-order valence-corrected chi connectivity index (χ3v) is 3.93. The highest BCUT2D eigenvalue weighted by Crippen LogP contribution is 2.04. The maximum absolute atomic E-state index is 11.7. The van der Waals surface area contributed by atoms with Gasteiger partial charge in [-0.3, -0.25) is 9.69 Å². The lowest BCUT2D eigenvalue weighted by Gasteiger charge is -2.27. The zero-order valence-corrected chi connectivity index (χ0v) is 15.7. The van der Waals surface area contributed by atoms with Gasteiger partial charge in [0.05, 0.1) is 18.8 Å². The highest BCUT2D eigenvalue weighted by molar-refractivity contribution is 5.84. The Morgan fingerprint density at radius 1 is 1.29 bits per heavy atom. The van der Waals surface area contributed by atoms with E-state index in [1.165, 1.54) is 4.90 Å². The number of morpholine rings is 1. The van der Waals surface area contributed by atoms with Crippen LogP contribution in [0.3, 0.4) is 0 Å². The first kappa shape index (κ1) is 20.7. The molecule has 0 aromatic rings. The molecule has 0 radical (unpaired) electrons. The summed E-state index contributed by atoms with van der Waals surface area (Å²) in [5.74, 6) is 0.596. The van der Waals surface area contributed by atoms with E-state index in [1.807, 2.05) is 13.8 Å². The summed E-state index contributed by atoms with van der Waals surface area (Å²) in [4.78, 5) is 20.0. The molecule has 1 aliphatic rings. The van der Waals surface area contributed by atoms with Crippen molar-refractivity contribution in [1.82, 2.24) is 20.4 Å². The van der Waals surface area contributed by atoms with Gasteiger partial charge in [-0.1, -0.05) is 0 Å². The molecule has 0 saturated carbocycles. The van der Waals surface area contributed by atoms with Crippen LogP contribution in [0.4, 0.5) is 0 Å². The normalized spacial score (nSPS) is 16.8. The molecule has 1 rings (SSSR count). The van der Waals surface area contributed by atoms with Gasteiger partial charge in [0.2, 0.25) is 5.91 Å². The van der Waals surface area contributed by atoms with E-state index in [9.17, 15) is 4.79 Å². The van der Waals surface area contributed by atoms with Gasteiger partial charge in [-0.2, -0.15) is 0 Å². The molecule has 1 aliphatic heterocycles. The number of amides is 1. The number of nitrogens with one attached hydrogen (secondary N) is 2. The molecule has 0 atom stereocenters. The lowest BCUT2D eigenvalue weighted by atomic mass is 10.1. The van der Waals surface area contributed by atoms with Crippen LogP contribution in [-0.2, 0) is 14.3 Å². The first-order valence-electron chi connectivity index (χ1n) is 8.41. The molecule has 1 fully saturated rings. The molecule has 24 heavy (non-hydrogen) atoms. The van der Waals surface area contributed by atoms with Crippen molar-refractivity contribution in [1.29, 1.82) is 0 Å². The highest BCUT2D eigenvalue weighted by Gasteiger charge is 2.17. The van der Waals surface area contributed by atoms with E-state index in [4.69, 9.17) is 9.47 Å². The molecule has 1 saturated heterocycles. The number of carbonyl (C=O) groups is 1. The van der Waals surface area contributed by atoms with Crippen LogP contribution < -0.4 is 10.6 Å². The number of hydrogen-bond donors (Lipinski definition) is 2. The second-order valence-corrected chi connectivity index (χ2v) is 6.65. The summed E-state index contributed by atoms with van der Waals surface area (Å²) in [7, 11) is 5.13. The topological polar surface area (TPSA) is 78.4 Å². The van der Waals surface area contributed by atoms with Crippen LogP contribution in [0.5, 0.6) is 0 Å². The maximum Gasteiger partial charge on any atom is 0.243 e. The summed E-state index contributed by atoms with van der Waals surface area (Å²) in [6.07, 6.45) is 0. The Labute approximate surface area is 145 Å². The van der Waals surface area contributed by atoms with Crippen molar-refractivity contribution in [3.05, 3.63) is 0 Å². The molecule has 0 unspecified atom stereocenters. The minimum Gasteiger partial charge on any atom is -0.379 e. The second kappa shape index (κ2) is 10.5. The number of ether oxygens (including phenoxy) is 2. The Morgan fingerprint density at radius 2 is 1.96 bits per heavy atom. The number of carbonyl (C=O) groups excluding carboxylic acids is 1. The number of methoxy groups -OCH3 is 1. The van der Waals surface area contributed by atoms with E-state index in [0.29, 0.717) is 12.5 Å². The molecule has 1 amide bonds. The molecular weight excluding hydrogens is 310 g/mol. The van der Waals surface area contributed by atoms with Gasteiger partial charge in [-0.05, 0) is 13.8 Å². The number of hydrogen-bond acceptors (Lipinski definition) is 5. The van der Waals surface area contributed by atoms with E-state index in [0.717, 1.165) is 39.4 Å². The Kier molecular flexibility index (Phi) is 9.02. The standard InChI is InChI=1S/C16H33N5O3/c1-16(2,23-5)13-19-15(18-12-14(22)20(3)4)17-6-7-21-8-10-24-11-9-21/h6-13H2,1-5H3,(H2,17,18,19). The fourth-order valence-corrected chi connectivity index (χ4v) is 1.99. The van der Waals surface area contributed by atoms with Gasteiger partial charge in [0.25, 0.3) is 0 Å². The fraction of sp³-hybridized carbons (Fsp3) is 0.875. The molecule has 0 aromatic carbocycles. The summed E-state index contributed by atoms with van der Waals surface area (Å²) in [6, 6.07) is 0. The number of rotatable bonds is 8. The smallest absolute Gasteiger partial charge is 0.243 e. The van der Waals surface area contributed by atoms with Crippen molar-refractivity contribution < 1.29 is 14.3 Å². The van der Waals surface area contributed by atoms with Crippen LogP contribution in [0.25, 0.3) is 0 Å². The Balaban J connectivity index is 2.49. The largest absolute Gasteiger partial charge is 0.379 e. The molecule has 0 bridgehead atoms. The lowest BCUT2D eigenvalue weighted by Crippen LogP contribution is -2.48. The lowest BCUT2D eigenvalue weighted by molar-refractivity contribution is -0.127. The summed E-state index contributed by atoms with van der Waals surface area (Å²) >= 11 is 0. The van der Waals surface area contributed by atoms with Crippen molar-refractivity contribution in [2.24, 2.45) is 4.99 Å². The first-order valence-corrected chi connectivity index (χ1v) is 8.41. The van der Waals surface area contributed by atoms with Gasteiger partial charge in [0, 0.05) is 53.9 Å². The predicted molar refractivity (Wildman–Crippen MR) is 95.3 cm³/mol. The minimum atomic E-state index is -0.307. The summed E-state index contributed by atoms with van der Waals surface area (Å²) < 4.78 is 10.8. The monoisotopic (exact) mass is 343 g/mol. The van der Waals surface area contributed by atoms with Crippen LogP contribution in [0, 0.1) is 0 Å². The molecule has 1 heterocycles. The summed E-state index contributed by atoms with van der Waals surface area (Å²) in [6.45, 7) is 9.88. The first-order chi connectivity index (χ1) is 11.3. The van der Waals surface area contributed by atoms with Gasteiger partial charge in [-0.15, -0.1) is 0 Å². The third-order valence-electron chi connectivity index (χ3n) is 3.93. The molecule has 2 N–H and O–H groups in total. The van der Waals surface area contributed by atoms with Gasteiger partial charge < -0.3 is 25.0 Å². The maximum atomic E-state index is 11.7. The quantitative estimate of drug-likeness (QED) is 0.451. The number of guanidine groups is 1. The van der Waals surface area contributed by atoms with Crippen molar-refractivity contribution in [3.63, 3.8) is 0 Å². The zero-order chi connectivity index (χ0) is 18.0.